The van der Waals surface area contributed by atoms with Crippen molar-refractivity contribution in [1.82, 2.24) is 4.90 Å². The molecule has 0 radical (unpaired) electrons. The summed E-state index contributed by atoms with van der Waals surface area (Å²) >= 11 is 0. The van der Waals surface area contributed by atoms with Gasteiger partial charge >= 0.3 is 6.09 Å². The zero-order chi connectivity index (χ0) is 17.3. The van der Waals surface area contributed by atoms with Crippen LogP contribution in [0.15, 0.2) is 30.3 Å². The van der Waals surface area contributed by atoms with Crippen LogP contribution in [0, 0.1) is 11.8 Å². The summed E-state index contributed by atoms with van der Waals surface area (Å²) in [7, 11) is 0. The number of rotatable bonds is 2. The van der Waals surface area contributed by atoms with Gasteiger partial charge in [0.15, 0.2) is 5.78 Å². The Morgan fingerprint density at radius 1 is 1.17 bits per heavy atom. The fourth-order valence-corrected chi connectivity index (χ4v) is 3.73. The zero-order valence-corrected chi connectivity index (χ0v) is 14.7. The van der Waals surface area contributed by atoms with E-state index in [9.17, 15) is 9.59 Å². The summed E-state index contributed by atoms with van der Waals surface area (Å²) in [6.45, 7) is 9.11. The van der Waals surface area contributed by atoms with Crippen molar-refractivity contribution in [2.24, 2.45) is 11.8 Å². The average Bonchev–Trinajstić information content (AvgIpc) is 2.47. The third-order valence-electron chi connectivity index (χ3n) is 4.71. The van der Waals surface area contributed by atoms with Gasteiger partial charge in [0.25, 0.3) is 0 Å². The molecule has 0 saturated carbocycles. The minimum Gasteiger partial charge on any atom is -0.444 e. The van der Waals surface area contributed by atoms with Crippen LogP contribution < -0.4 is 4.90 Å². The molecule has 0 spiro atoms. The first kappa shape index (κ1) is 17.0. The highest BCUT2D eigenvalue weighted by Crippen LogP contribution is 2.22. The quantitative estimate of drug-likeness (QED) is 0.884. The van der Waals surface area contributed by atoms with Crippen LogP contribution in [0.1, 0.15) is 26.3 Å². The van der Waals surface area contributed by atoms with Crippen LogP contribution >= 0.6 is 0 Å². The Bertz CT molecular complexity index is 591. The molecule has 2 saturated heterocycles. The second-order valence-electron chi connectivity index (χ2n) is 8.00. The van der Waals surface area contributed by atoms with Gasteiger partial charge in [0.05, 0.1) is 24.9 Å². The summed E-state index contributed by atoms with van der Waals surface area (Å²) in [5.74, 6) is 0.194. The maximum atomic E-state index is 12.5. The third kappa shape index (κ3) is 3.96. The number of nitrogens with one attached hydrogen (secondary N) is 1. The Morgan fingerprint density at radius 3 is 2.29 bits per heavy atom. The van der Waals surface area contributed by atoms with Gasteiger partial charge in [-0.05, 0) is 20.8 Å². The Kier molecular flexibility index (Phi) is 4.63. The molecule has 3 atom stereocenters. The number of hydrogen-bond donors (Lipinski definition) is 1. The number of ketones is 1. The smallest absolute Gasteiger partial charge is 0.410 e. The topological polar surface area (TPSA) is 51.0 Å². The highest BCUT2D eigenvalue weighted by atomic mass is 16.6. The number of benzene rings is 1. The fraction of sp³-hybridized carbons (Fsp3) is 0.579. The summed E-state index contributed by atoms with van der Waals surface area (Å²) in [5.41, 5.74) is 0.794. The molecule has 5 heteroatoms. The predicted octanol–water partition coefficient (Wildman–Crippen LogP) is 1.14. The third-order valence-corrected chi connectivity index (χ3v) is 4.71. The van der Waals surface area contributed by atoms with E-state index in [1.165, 1.54) is 10.5 Å². The lowest BCUT2D eigenvalue weighted by atomic mass is 9.83. The molecule has 0 aliphatic carbocycles. The van der Waals surface area contributed by atoms with Crippen LogP contribution in [0.5, 0.6) is 0 Å². The molecule has 2 aliphatic heterocycles. The minimum absolute atomic E-state index is 0.0660. The number of likely N-dealkylation sites (tertiary alicyclic amines) is 2. The van der Waals surface area contributed by atoms with E-state index in [1.807, 2.05) is 26.8 Å². The van der Waals surface area contributed by atoms with Crippen molar-refractivity contribution in [2.45, 2.75) is 32.9 Å². The highest BCUT2D eigenvalue weighted by molar-refractivity contribution is 5.87. The number of piperidine rings is 2. The first-order chi connectivity index (χ1) is 11.3. The molecule has 3 rings (SSSR count). The van der Waals surface area contributed by atoms with Crippen LogP contribution in [0.25, 0.3) is 0 Å². The minimum atomic E-state index is -0.502. The summed E-state index contributed by atoms with van der Waals surface area (Å²) < 4.78 is 5.47. The Hall–Kier alpha value is -1.88. The van der Waals surface area contributed by atoms with Gasteiger partial charge in [0, 0.05) is 18.7 Å². The van der Waals surface area contributed by atoms with Gasteiger partial charge in [0.2, 0.25) is 0 Å². The molecular formula is C19H27N2O3+. The van der Waals surface area contributed by atoms with Crippen molar-refractivity contribution < 1.29 is 19.2 Å². The molecular weight excluding hydrogens is 304 g/mol. The van der Waals surface area contributed by atoms with E-state index in [-0.39, 0.29) is 17.9 Å². The monoisotopic (exact) mass is 331 g/mol. The summed E-state index contributed by atoms with van der Waals surface area (Å²) in [6, 6.07) is 10.4. The van der Waals surface area contributed by atoms with Crippen molar-refractivity contribution in [3.8, 4) is 0 Å². The van der Waals surface area contributed by atoms with Crippen molar-refractivity contribution in [1.29, 1.82) is 0 Å². The van der Waals surface area contributed by atoms with Crippen molar-refractivity contribution in [2.75, 3.05) is 26.2 Å². The van der Waals surface area contributed by atoms with Gasteiger partial charge < -0.3 is 14.5 Å². The standard InChI is InChI=1S/C19H26N2O3/c1-19(2,3)24-18(23)21-12-15-10-20(11-16(13-21)17(15)22)9-14-7-5-4-6-8-14/h4-8,15-16H,9-13H2,1-3H3/p+1/t15-,16+. The van der Waals surface area contributed by atoms with Crippen molar-refractivity contribution in [3.05, 3.63) is 35.9 Å². The van der Waals surface area contributed by atoms with Gasteiger partial charge in [-0.2, -0.15) is 0 Å². The van der Waals surface area contributed by atoms with Crippen LogP contribution in [-0.2, 0) is 16.1 Å². The maximum Gasteiger partial charge on any atom is 0.410 e. The van der Waals surface area contributed by atoms with E-state index >= 15 is 0 Å². The van der Waals surface area contributed by atoms with Crippen LogP contribution in [0.3, 0.4) is 0 Å². The van der Waals surface area contributed by atoms with Gasteiger partial charge in [-0.15, -0.1) is 0 Å². The normalized spacial score (nSPS) is 27.0. The van der Waals surface area contributed by atoms with Crippen LogP contribution in [0.2, 0.25) is 0 Å². The lowest BCUT2D eigenvalue weighted by Crippen LogP contribution is -3.14. The SMILES string of the molecule is CC(C)(C)OC(=O)N1C[C@@H]2C[NH+](Cc3ccccc3)C[C@H](C1)C2=O. The molecule has 130 valence electrons. The molecule has 1 unspecified atom stereocenters. The van der Waals surface area contributed by atoms with Crippen molar-refractivity contribution in [3.63, 3.8) is 0 Å². The Labute approximate surface area is 143 Å². The highest BCUT2D eigenvalue weighted by Gasteiger charge is 2.45. The maximum absolute atomic E-state index is 12.5. The molecule has 24 heavy (non-hydrogen) atoms. The number of amides is 1. The molecule has 1 aromatic carbocycles. The van der Waals surface area contributed by atoms with E-state index in [0.717, 1.165) is 19.6 Å². The average molecular weight is 331 g/mol. The van der Waals surface area contributed by atoms with Gasteiger partial charge in [-0.3, -0.25) is 4.79 Å². The van der Waals surface area contributed by atoms with Crippen molar-refractivity contribution >= 4 is 11.9 Å². The molecule has 2 heterocycles. The van der Waals surface area contributed by atoms with E-state index in [4.69, 9.17) is 4.74 Å². The van der Waals surface area contributed by atoms with E-state index in [1.54, 1.807) is 4.90 Å². The number of hydrogen-bond acceptors (Lipinski definition) is 3. The number of carbonyl (C=O) groups excluding carboxylic acids is 2. The molecule has 2 bridgehead atoms. The number of ether oxygens (including phenoxy) is 1. The van der Waals surface area contributed by atoms with Crippen LogP contribution in [-0.4, -0.2) is 48.6 Å². The number of fused-ring (bicyclic) bond motifs is 2. The predicted molar refractivity (Wildman–Crippen MR) is 90.6 cm³/mol. The molecule has 1 amide bonds. The Balaban J connectivity index is 1.63. The molecule has 1 N–H and O–H groups in total. The first-order valence-corrected chi connectivity index (χ1v) is 8.71. The summed E-state index contributed by atoms with van der Waals surface area (Å²) in [4.78, 5) is 27.9. The van der Waals surface area contributed by atoms with Gasteiger partial charge in [-0.1, -0.05) is 30.3 Å². The number of quaternary nitrogens is 1. The molecule has 2 aliphatic rings. The molecule has 2 fully saturated rings. The Morgan fingerprint density at radius 2 is 1.75 bits per heavy atom. The van der Waals surface area contributed by atoms with Gasteiger partial charge in [0.1, 0.15) is 12.1 Å². The second kappa shape index (κ2) is 6.55. The number of Topliss-reactive ketones (excluding diaryl/α,β-unsaturated/α-hetero) is 1. The molecule has 0 aromatic heterocycles. The zero-order valence-electron chi connectivity index (χ0n) is 14.7. The number of nitrogens with zero attached hydrogens (tertiary/aromatic N) is 1. The van der Waals surface area contributed by atoms with E-state index < -0.39 is 5.60 Å². The number of carbonyl (C=O) groups is 2. The van der Waals surface area contributed by atoms with Crippen LogP contribution in [0.4, 0.5) is 4.79 Å². The van der Waals surface area contributed by atoms with Gasteiger partial charge in [-0.25, -0.2) is 4.79 Å². The van der Waals surface area contributed by atoms with E-state index in [2.05, 4.69) is 24.3 Å². The molecule has 1 aromatic rings. The lowest BCUT2D eigenvalue weighted by Gasteiger charge is -2.42. The summed E-state index contributed by atoms with van der Waals surface area (Å²) in [6.07, 6.45) is -0.295. The summed E-state index contributed by atoms with van der Waals surface area (Å²) in [5, 5.41) is 0. The first-order valence-electron chi connectivity index (χ1n) is 8.71. The molecule has 5 nitrogen and oxygen atoms in total. The lowest BCUT2D eigenvalue weighted by molar-refractivity contribution is -0.922. The largest absolute Gasteiger partial charge is 0.444 e. The van der Waals surface area contributed by atoms with E-state index in [0.29, 0.717) is 18.9 Å². The fourth-order valence-electron chi connectivity index (χ4n) is 3.73. The second-order valence-corrected chi connectivity index (χ2v) is 8.00.